The first-order chi connectivity index (χ1) is 7.56. The quantitative estimate of drug-likeness (QED) is 0.798. The van der Waals surface area contributed by atoms with Crippen molar-refractivity contribution >= 4 is 0 Å². The molecule has 0 aliphatic carbocycles. The highest BCUT2D eigenvalue weighted by molar-refractivity contribution is 5.21. The van der Waals surface area contributed by atoms with E-state index in [4.69, 9.17) is 0 Å². The molecule has 1 N–H and O–H groups in total. The molecule has 1 atom stereocenters. The average molecular weight is 221 g/mol. The summed E-state index contributed by atoms with van der Waals surface area (Å²) in [5, 5.41) is 10.4. The maximum absolute atomic E-state index is 10.4. The molecule has 0 saturated carbocycles. The lowest BCUT2D eigenvalue weighted by atomic mass is 9.92. The third-order valence-electron chi connectivity index (χ3n) is 2.98. The van der Waals surface area contributed by atoms with E-state index in [-0.39, 0.29) is 0 Å². The van der Waals surface area contributed by atoms with Crippen LogP contribution in [0.25, 0.3) is 0 Å². The molecule has 2 nitrogen and oxygen atoms in total. The van der Waals surface area contributed by atoms with E-state index in [0.717, 1.165) is 31.5 Å². The summed E-state index contributed by atoms with van der Waals surface area (Å²) in [6.07, 6.45) is 1.93. The van der Waals surface area contributed by atoms with Gasteiger partial charge in [0.25, 0.3) is 0 Å². The van der Waals surface area contributed by atoms with E-state index in [2.05, 4.69) is 18.9 Å². The molecule has 90 valence electrons. The molecule has 0 radical (unpaired) electrons. The molecule has 0 aromatic heterocycles. The van der Waals surface area contributed by atoms with Crippen LogP contribution in [-0.2, 0) is 5.60 Å². The SMILES string of the molecule is CCCN(C)CCC(C)(O)c1ccccc1. The molecule has 1 unspecified atom stereocenters. The van der Waals surface area contributed by atoms with Gasteiger partial charge in [0.15, 0.2) is 0 Å². The number of hydrogen-bond donors (Lipinski definition) is 1. The van der Waals surface area contributed by atoms with Gasteiger partial charge in [-0.3, -0.25) is 0 Å². The van der Waals surface area contributed by atoms with Crippen molar-refractivity contribution in [3.05, 3.63) is 35.9 Å². The van der Waals surface area contributed by atoms with E-state index < -0.39 is 5.60 Å². The van der Waals surface area contributed by atoms with Crippen molar-refractivity contribution in [2.45, 2.75) is 32.3 Å². The summed E-state index contributed by atoms with van der Waals surface area (Å²) in [5.41, 5.74) is 0.281. The number of nitrogens with zero attached hydrogens (tertiary/aromatic N) is 1. The minimum atomic E-state index is -0.719. The van der Waals surface area contributed by atoms with Gasteiger partial charge in [0.1, 0.15) is 0 Å². The second-order valence-electron chi connectivity index (χ2n) is 4.69. The molecule has 0 aliphatic rings. The van der Waals surface area contributed by atoms with Crippen molar-refractivity contribution in [1.29, 1.82) is 0 Å². The fourth-order valence-electron chi connectivity index (χ4n) is 1.84. The first-order valence-corrected chi connectivity index (χ1v) is 6.02. The minimum absolute atomic E-state index is 0.719. The Labute approximate surface area is 98.9 Å². The number of benzene rings is 1. The second kappa shape index (κ2) is 6.02. The van der Waals surface area contributed by atoms with E-state index in [1.165, 1.54) is 0 Å². The van der Waals surface area contributed by atoms with Crippen LogP contribution in [0.5, 0.6) is 0 Å². The summed E-state index contributed by atoms with van der Waals surface area (Å²) < 4.78 is 0. The van der Waals surface area contributed by atoms with Crippen LogP contribution in [0.15, 0.2) is 30.3 Å². The molecule has 2 heteroatoms. The molecule has 0 spiro atoms. The summed E-state index contributed by atoms with van der Waals surface area (Å²) in [6, 6.07) is 9.89. The van der Waals surface area contributed by atoms with Crippen LogP contribution in [0.2, 0.25) is 0 Å². The zero-order valence-electron chi connectivity index (χ0n) is 10.6. The largest absolute Gasteiger partial charge is 0.385 e. The summed E-state index contributed by atoms with van der Waals surface area (Å²) in [6.45, 7) is 6.08. The summed E-state index contributed by atoms with van der Waals surface area (Å²) in [4.78, 5) is 2.26. The van der Waals surface area contributed by atoms with Gasteiger partial charge in [-0.2, -0.15) is 0 Å². The molecule has 1 rings (SSSR count). The molecule has 1 aromatic rings. The van der Waals surface area contributed by atoms with Crippen LogP contribution in [0.4, 0.5) is 0 Å². The monoisotopic (exact) mass is 221 g/mol. The average Bonchev–Trinajstić information content (AvgIpc) is 2.28. The van der Waals surface area contributed by atoms with Crippen molar-refractivity contribution in [2.24, 2.45) is 0 Å². The second-order valence-corrected chi connectivity index (χ2v) is 4.69. The third kappa shape index (κ3) is 3.95. The van der Waals surface area contributed by atoms with Gasteiger partial charge in [0, 0.05) is 6.54 Å². The van der Waals surface area contributed by atoms with Crippen molar-refractivity contribution in [3.63, 3.8) is 0 Å². The summed E-state index contributed by atoms with van der Waals surface area (Å²) >= 11 is 0. The Kier molecular flexibility index (Phi) is 4.97. The molecule has 0 saturated heterocycles. The van der Waals surface area contributed by atoms with E-state index in [1.807, 2.05) is 37.3 Å². The smallest absolute Gasteiger partial charge is 0.0880 e. The molecule has 0 amide bonds. The van der Waals surface area contributed by atoms with E-state index in [9.17, 15) is 5.11 Å². The van der Waals surface area contributed by atoms with Crippen molar-refractivity contribution in [1.82, 2.24) is 4.90 Å². The van der Waals surface area contributed by atoms with Gasteiger partial charge >= 0.3 is 0 Å². The number of hydrogen-bond acceptors (Lipinski definition) is 2. The van der Waals surface area contributed by atoms with Crippen LogP contribution in [0.3, 0.4) is 0 Å². The lowest BCUT2D eigenvalue weighted by molar-refractivity contribution is 0.0385. The molecular formula is C14H23NO. The van der Waals surface area contributed by atoms with Crippen molar-refractivity contribution in [2.75, 3.05) is 20.1 Å². The maximum Gasteiger partial charge on any atom is 0.0880 e. The highest BCUT2D eigenvalue weighted by Gasteiger charge is 2.22. The maximum atomic E-state index is 10.4. The number of aliphatic hydroxyl groups is 1. The molecule has 0 aliphatic heterocycles. The Balaban J connectivity index is 2.52. The van der Waals surface area contributed by atoms with Crippen molar-refractivity contribution in [3.8, 4) is 0 Å². The molecule has 0 heterocycles. The fraction of sp³-hybridized carbons (Fsp3) is 0.571. The summed E-state index contributed by atoms with van der Waals surface area (Å²) in [5.74, 6) is 0. The highest BCUT2D eigenvalue weighted by atomic mass is 16.3. The Morgan fingerprint density at radius 3 is 2.38 bits per heavy atom. The molecule has 16 heavy (non-hydrogen) atoms. The molecule has 0 fully saturated rings. The third-order valence-corrected chi connectivity index (χ3v) is 2.98. The van der Waals surface area contributed by atoms with E-state index in [1.54, 1.807) is 0 Å². The first-order valence-electron chi connectivity index (χ1n) is 6.02. The van der Waals surface area contributed by atoms with Crippen molar-refractivity contribution < 1.29 is 5.11 Å². The van der Waals surface area contributed by atoms with Gasteiger partial charge in [0.05, 0.1) is 5.60 Å². The lowest BCUT2D eigenvalue weighted by Crippen LogP contribution is -2.29. The van der Waals surface area contributed by atoms with Crippen LogP contribution in [-0.4, -0.2) is 30.1 Å². The Bertz CT molecular complexity index is 295. The van der Waals surface area contributed by atoms with Crippen LogP contribution in [0, 0.1) is 0 Å². The predicted molar refractivity (Wildman–Crippen MR) is 68.4 cm³/mol. The first kappa shape index (κ1) is 13.2. The van der Waals surface area contributed by atoms with Crippen LogP contribution in [0.1, 0.15) is 32.3 Å². The molecule has 0 bridgehead atoms. The van der Waals surface area contributed by atoms with Gasteiger partial charge in [-0.05, 0) is 38.9 Å². The molecule has 1 aromatic carbocycles. The van der Waals surface area contributed by atoms with E-state index >= 15 is 0 Å². The van der Waals surface area contributed by atoms with Gasteiger partial charge in [-0.15, -0.1) is 0 Å². The highest BCUT2D eigenvalue weighted by Crippen LogP contribution is 2.24. The topological polar surface area (TPSA) is 23.5 Å². The van der Waals surface area contributed by atoms with E-state index in [0.29, 0.717) is 0 Å². The molecular weight excluding hydrogens is 198 g/mol. The fourth-order valence-corrected chi connectivity index (χ4v) is 1.84. The zero-order valence-corrected chi connectivity index (χ0v) is 10.6. The standard InChI is InChI=1S/C14H23NO/c1-4-11-15(3)12-10-14(2,16)13-8-6-5-7-9-13/h5-9,16H,4,10-12H2,1-3H3. The minimum Gasteiger partial charge on any atom is -0.385 e. The summed E-state index contributed by atoms with van der Waals surface area (Å²) in [7, 11) is 2.10. The number of rotatable bonds is 6. The Morgan fingerprint density at radius 1 is 1.19 bits per heavy atom. The van der Waals surface area contributed by atoms with Gasteiger partial charge in [-0.25, -0.2) is 0 Å². The van der Waals surface area contributed by atoms with Gasteiger partial charge in [-0.1, -0.05) is 37.3 Å². The zero-order chi connectivity index (χ0) is 12.0. The Hall–Kier alpha value is -0.860. The Morgan fingerprint density at radius 2 is 1.81 bits per heavy atom. The normalized spacial score (nSPS) is 15.1. The van der Waals surface area contributed by atoms with Gasteiger partial charge < -0.3 is 10.0 Å². The van der Waals surface area contributed by atoms with Crippen LogP contribution < -0.4 is 0 Å². The van der Waals surface area contributed by atoms with Gasteiger partial charge in [0.2, 0.25) is 0 Å². The lowest BCUT2D eigenvalue weighted by Gasteiger charge is -2.26. The predicted octanol–water partition coefficient (Wildman–Crippen LogP) is 2.63. The van der Waals surface area contributed by atoms with Crippen LogP contribution >= 0.6 is 0 Å².